The highest BCUT2D eigenvalue weighted by Gasteiger charge is 2.22. The first-order chi connectivity index (χ1) is 16.7. The van der Waals surface area contributed by atoms with Gasteiger partial charge in [-0.25, -0.2) is 19.8 Å². The number of amides is 1. The zero-order valence-corrected chi connectivity index (χ0v) is 17.8. The molecule has 0 bridgehead atoms. The fraction of sp³-hybridized carbons (Fsp3) is 0.211. The minimum absolute atomic E-state index is 0.0551. The molecule has 0 aliphatic rings. The van der Waals surface area contributed by atoms with E-state index >= 15 is 0 Å². The maximum atomic E-state index is 12.4. The summed E-state index contributed by atoms with van der Waals surface area (Å²) in [5.74, 6) is -3.38. The van der Waals surface area contributed by atoms with E-state index in [0.717, 1.165) is 0 Å². The molecule has 1 aromatic carbocycles. The van der Waals surface area contributed by atoms with Gasteiger partial charge in [0.25, 0.3) is 5.91 Å². The van der Waals surface area contributed by atoms with E-state index in [9.17, 15) is 24.3 Å². The number of aromatic amines is 1. The highest BCUT2D eigenvalue weighted by atomic mass is 16.4. The van der Waals surface area contributed by atoms with Gasteiger partial charge in [0, 0.05) is 12.0 Å². The quantitative estimate of drug-likeness (QED) is 0.115. The average molecular weight is 482 g/mol. The van der Waals surface area contributed by atoms with Gasteiger partial charge in [0.15, 0.2) is 11.2 Å². The Labute approximate surface area is 195 Å². The number of carbonyl (C=O) groups is 3. The number of aromatic nitrogens is 4. The number of azide groups is 1. The molecule has 16 heteroatoms. The molecule has 35 heavy (non-hydrogen) atoms. The Morgan fingerprint density at radius 3 is 2.57 bits per heavy atom. The van der Waals surface area contributed by atoms with Crippen LogP contribution in [0.15, 0.2) is 40.5 Å². The summed E-state index contributed by atoms with van der Waals surface area (Å²) in [5, 5.41) is 25.0. The molecule has 2 aromatic heterocycles. The highest BCUT2D eigenvalue weighted by molar-refractivity contribution is 5.97. The highest BCUT2D eigenvalue weighted by Crippen LogP contribution is 2.19. The SMILES string of the molecule is [N-]=[N+]=NN(Cc1cnc2[nH]c(N)nc(=O)c2n1)c1ccc(C(=O)N[C@@H](CCC(=O)O)C(=O)O)cc1. The number of anilines is 2. The van der Waals surface area contributed by atoms with Gasteiger partial charge in [-0.05, 0) is 35.9 Å². The molecule has 0 saturated carbocycles. The topological polar surface area (TPSA) is 253 Å². The van der Waals surface area contributed by atoms with Crippen LogP contribution >= 0.6 is 0 Å². The van der Waals surface area contributed by atoms with Gasteiger partial charge in [0.1, 0.15) is 24.0 Å². The summed E-state index contributed by atoms with van der Waals surface area (Å²) < 4.78 is 0. The Morgan fingerprint density at radius 1 is 1.23 bits per heavy atom. The van der Waals surface area contributed by atoms with Gasteiger partial charge in [0.05, 0.1) is 6.20 Å². The Bertz CT molecular complexity index is 1380. The fourth-order valence-electron chi connectivity index (χ4n) is 2.98. The Hall–Kier alpha value is -5.24. The maximum absolute atomic E-state index is 12.4. The lowest BCUT2D eigenvalue weighted by Crippen LogP contribution is -2.41. The average Bonchev–Trinajstić information content (AvgIpc) is 2.81. The molecule has 180 valence electrons. The lowest BCUT2D eigenvalue weighted by molar-refractivity contribution is -0.140. The minimum atomic E-state index is -1.38. The van der Waals surface area contributed by atoms with Crippen molar-refractivity contribution in [2.24, 2.45) is 5.22 Å². The second kappa shape index (κ2) is 10.6. The van der Waals surface area contributed by atoms with Gasteiger partial charge in [-0.1, -0.05) is 0 Å². The van der Waals surface area contributed by atoms with E-state index < -0.39 is 35.9 Å². The number of nitrogens with two attached hydrogens (primary N) is 1. The first kappa shape index (κ1) is 24.4. The van der Waals surface area contributed by atoms with E-state index in [2.05, 4.69) is 35.4 Å². The van der Waals surface area contributed by atoms with Crippen LogP contribution in [0.4, 0.5) is 11.6 Å². The number of rotatable bonds is 10. The van der Waals surface area contributed by atoms with Gasteiger partial charge >= 0.3 is 17.5 Å². The summed E-state index contributed by atoms with van der Waals surface area (Å²) in [7, 11) is 0. The third-order valence-corrected chi connectivity index (χ3v) is 4.63. The lowest BCUT2D eigenvalue weighted by atomic mass is 10.1. The zero-order valence-electron chi connectivity index (χ0n) is 17.8. The number of aliphatic carboxylic acids is 2. The van der Waals surface area contributed by atoms with Crippen LogP contribution in [0.5, 0.6) is 0 Å². The zero-order chi connectivity index (χ0) is 25.5. The molecule has 1 amide bonds. The summed E-state index contributed by atoms with van der Waals surface area (Å²) in [5.41, 5.74) is 14.5. The number of hydrogen-bond donors (Lipinski definition) is 5. The lowest BCUT2D eigenvalue weighted by Gasteiger charge is -2.15. The first-order valence-corrected chi connectivity index (χ1v) is 9.87. The van der Waals surface area contributed by atoms with Crippen molar-refractivity contribution in [2.75, 3.05) is 10.7 Å². The van der Waals surface area contributed by atoms with Crippen molar-refractivity contribution >= 4 is 40.6 Å². The first-order valence-electron chi connectivity index (χ1n) is 9.87. The van der Waals surface area contributed by atoms with E-state index in [4.69, 9.17) is 16.4 Å². The molecule has 0 aliphatic heterocycles. The molecule has 0 unspecified atom stereocenters. The van der Waals surface area contributed by atoms with Crippen LogP contribution in [0.2, 0.25) is 0 Å². The van der Waals surface area contributed by atoms with Crippen LogP contribution in [-0.4, -0.2) is 54.0 Å². The number of fused-ring (bicyclic) bond motifs is 1. The largest absolute Gasteiger partial charge is 0.481 e. The third-order valence-electron chi connectivity index (χ3n) is 4.63. The molecule has 0 spiro atoms. The molecule has 6 N–H and O–H groups in total. The number of carboxylic acid groups (broad SMARTS) is 2. The Morgan fingerprint density at radius 2 is 1.94 bits per heavy atom. The third kappa shape index (κ3) is 6.17. The fourth-order valence-corrected chi connectivity index (χ4v) is 2.98. The van der Waals surface area contributed by atoms with Crippen LogP contribution in [0, 0.1) is 0 Å². The Balaban J connectivity index is 1.77. The van der Waals surface area contributed by atoms with Gasteiger partial charge < -0.3 is 26.2 Å². The van der Waals surface area contributed by atoms with Crippen LogP contribution in [0.3, 0.4) is 0 Å². The summed E-state index contributed by atoms with van der Waals surface area (Å²) in [4.78, 5) is 63.6. The van der Waals surface area contributed by atoms with Crippen LogP contribution in [0.1, 0.15) is 28.9 Å². The van der Waals surface area contributed by atoms with Crippen molar-refractivity contribution < 1.29 is 24.6 Å². The van der Waals surface area contributed by atoms with Crippen molar-refractivity contribution in [1.29, 1.82) is 0 Å². The summed E-state index contributed by atoms with van der Waals surface area (Å²) in [6, 6.07) is 4.24. The predicted octanol–water partition coefficient (Wildman–Crippen LogP) is 0.575. The molecule has 0 radical (unpaired) electrons. The molecule has 0 aliphatic carbocycles. The monoisotopic (exact) mass is 482 g/mol. The van der Waals surface area contributed by atoms with Gasteiger partial charge in [-0.2, -0.15) is 9.90 Å². The van der Waals surface area contributed by atoms with Gasteiger partial charge in [-0.15, -0.1) is 5.53 Å². The molecule has 1 atom stereocenters. The molecule has 3 aromatic rings. The molecule has 0 saturated heterocycles. The van der Waals surface area contributed by atoms with Crippen molar-refractivity contribution in [1.82, 2.24) is 25.3 Å². The summed E-state index contributed by atoms with van der Waals surface area (Å²) >= 11 is 0. The van der Waals surface area contributed by atoms with E-state index in [-0.39, 0.29) is 41.3 Å². The van der Waals surface area contributed by atoms with E-state index in [1.807, 2.05) is 0 Å². The number of hydrogen-bond acceptors (Lipinski definition) is 9. The number of nitrogen functional groups attached to an aromatic ring is 1. The van der Waals surface area contributed by atoms with Crippen LogP contribution in [0.25, 0.3) is 21.6 Å². The van der Waals surface area contributed by atoms with Crippen molar-refractivity contribution in [3.63, 3.8) is 0 Å². The van der Waals surface area contributed by atoms with E-state index in [0.29, 0.717) is 5.69 Å². The number of benzene rings is 1. The summed E-state index contributed by atoms with van der Waals surface area (Å²) in [6.45, 7) is -0.0847. The number of nitrogens with one attached hydrogen (secondary N) is 2. The van der Waals surface area contributed by atoms with Crippen molar-refractivity contribution in [3.8, 4) is 0 Å². The smallest absolute Gasteiger partial charge is 0.326 e. The Kier molecular flexibility index (Phi) is 7.38. The molecular weight excluding hydrogens is 464 g/mol. The minimum Gasteiger partial charge on any atom is -0.481 e. The predicted molar refractivity (Wildman–Crippen MR) is 120 cm³/mol. The van der Waals surface area contributed by atoms with E-state index in [1.165, 1.54) is 35.5 Å². The maximum Gasteiger partial charge on any atom is 0.326 e. The van der Waals surface area contributed by atoms with Gasteiger partial charge in [0.2, 0.25) is 5.95 Å². The molecule has 0 fully saturated rings. The number of H-pyrrole nitrogens is 1. The van der Waals surface area contributed by atoms with Gasteiger partial charge in [-0.3, -0.25) is 14.4 Å². The standard InChI is InChI=1S/C19H18N10O6/c20-19-25-15-14(17(33)26-19)23-10(7-22-15)8-29(28-27-21)11-3-1-9(2-4-11)16(32)24-12(18(34)35)5-6-13(30)31/h1-4,7,12H,5-6,8H2,(H,24,32)(H,30,31)(H,34,35)(H3,20,22,25,26,33)/t12-/m0/s1. The summed E-state index contributed by atoms with van der Waals surface area (Å²) in [6.07, 6.45) is 0.643. The molecule has 16 nitrogen and oxygen atoms in total. The van der Waals surface area contributed by atoms with Crippen molar-refractivity contribution in [2.45, 2.75) is 25.4 Å². The van der Waals surface area contributed by atoms with Crippen LogP contribution in [-0.2, 0) is 16.1 Å². The number of nitrogens with zero attached hydrogens (tertiary/aromatic N) is 7. The normalized spacial score (nSPS) is 11.3. The van der Waals surface area contributed by atoms with E-state index in [1.54, 1.807) is 0 Å². The molecule has 2 heterocycles. The number of carboxylic acids is 2. The molecular formula is C19H18N10O6. The second-order valence-corrected chi connectivity index (χ2v) is 7.07. The second-order valence-electron chi connectivity index (χ2n) is 7.07. The van der Waals surface area contributed by atoms with Crippen molar-refractivity contribution in [3.05, 3.63) is 62.5 Å². The number of carbonyl (C=O) groups excluding carboxylic acids is 1. The van der Waals surface area contributed by atoms with Crippen LogP contribution < -0.4 is 21.6 Å². The molecule has 3 rings (SSSR count).